The second kappa shape index (κ2) is 8.02. The van der Waals surface area contributed by atoms with Crippen LogP contribution in [0, 0.1) is 11.3 Å². The number of carbonyl (C=O) groups is 1. The number of nitriles is 1. The number of hydrogen-bond acceptors (Lipinski definition) is 5. The maximum atomic E-state index is 11.5. The molecule has 1 aromatic carbocycles. The summed E-state index contributed by atoms with van der Waals surface area (Å²) in [6.07, 6.45) is -0.457. The van der Waals surface area contributed by atoms with Crippen LogP contribution in [0.25, 0.3) is 0 Å². The highest BCUT2D eigenvalue weighted by Gasteiger charge is 2.12. The van der Waals surface area contributed by atoms with E-state index in [1.807, 2.05) is 6.07 Å². The first-order valence-electron chi connectivity index (χ1n) is 6.21. The fourth-order valence-electron chi connectivity index (χ4n) is 1.56. The van der Waals surface area contributed by atoms with Crippen molar-refractivity contribution in [1.82, 2.24) is 5.32 Å². The largest absolute Gasteiger partial charge is 0.497 e. The molecule has 1 rings (SSSR count). The van der Waals surface area contributed by atoms with Crippen LogP contribution in [0.1, 0.15) is 25.0 Å². The van der Waals surface area contributed by atoms with Crippen molar-refractivity contribution in [1.29, 1.82) is 5.26 Å². The molecule has 0 unspecified atom stereocenters. The molecule has 108 valence electrons. The zero-order valence-electron chi connectivity index (χ0n) is 11.5. The fraction of sp³-hybridized carbons (Fsp3) is 0.429. The minimum atomic E-state index is -0.711. The number of carbonyl (C=O) groups excluding carboxylic acids is 1. The van der Waals surface area contributed by atoms with Gasteiger partial charge in [-0.2, -0.15) is 5.26 Å². The fourth-order valence-corrected chi connectivity index (χ4v) is 1.56. The highest BCUT2D eigenvalue weighted by molar-refractivity contribution is 5.77. The molecule has 0 aromatic heterocycles. The molecule has 0 saturated carbocycles. The zero-order valence-corrected chi connectivity index (χ0v) is 11.5. The van der Waals surface area contributed by atoms with Crippen LogP contribution in [0.2, 0.25) is 0 Å². The average molecular weight is 278 g/mol. The third kappa shape index (κ3) is 4.78. The Labute approximate surface area is 117 Å². The van der Waals surface area contributed by atoms with Gasteiger partial charge in [-0.1, -0.05) is 0 Å². The van der Waals surface area contributed by atoms with Crippen molar-refractivity contribution in [3.8, 4) is 17.6 Å². The van der Waals surface area contributed by atoms with Crippen LogP contribution in [0.5, 0.6) is 11.5 Å². The van der Waals surface area contributed by atoms with E-state index in [-0.39, 0.29) is 18.9 Å². The van der Waals surface area contributed by atoms with Crippen molar-refractivity contribution in [2.45, 2.75) is 19.4 Å². The highest BCUT2D eigenvalue weighted by Crippen LogP contribution is 2.29. The Kier molecular flexibility index (Phi) is 6.33. The van der Waals surface area contributed by atoms with Gasteiger partial charge in [0.15, 0.2) is 6.61 Å². The van der Waals surface area contributed by atoms with Crippen LogP contribution >= 0.6 is 0 Å². The lowest BCUT2D eigenvalue weighted by Gasteiger charge is -2.14. The van der Waals surface area contributed by atoms with E-state index in [0.29, 0.717) is 23.6 Å². The molecule has 1 amide bonds. The maximum absolute atomic E-state index is 11.5. The molecule has 2 N–H and O–H groups in total. The summed E-state index contributed by atoms with van der Waals surface area (Å²) in [6.45, 7) is 1.72. The van der Waals surface area contributed by atoms with E-state index in [2.05, 4.69) is 5.32 Å². The summed E-state index contributed by atoms with van der Waals surface area (Å²) in [4.78, 5) is 11.5. The van der Waals surface area contributed by atoms with Gasteiger partial charge in [-0.25, -0.2) is 0 Å². The van der Waals surface area contributed by atoms with Gasteiger partial charge in [0.05, 0.1) is 25.7 Å². The molecule has 6 nitrogen and oxygen atoms in total. The summed E-state index contributed by atoms with van der Waals surface area (Å²) < 4.78 is 10.5. The van der Waals surface area contributed by atoms with Crippen molar-refractivity contribution >= 4 is 5.91 Å². The molecule has 0 heterocycles. The summed E-state index contributed by atoms with van der Waals surface area (Å²) >= 11 is 0. The first kappa shape index (κ1) is 15.8. The second-order valence-corrected chi connectivity index (χ2v) is 4.13. The molecule has 0 spiro atoms. The van der Waals surface area contributed by atoms with Crippen LogP contribution < -0.4 is 14.8 Å². The van der Waals surface area contributed by atoms with E-state index in [0.717, 1.165) is 0 Å². The number of amides is 1. The highest BCUT2D eigenvalue weighted by atomic mass is 16.5. The predicted octanol–water partition coefficient (Wildman–Crippen LogP) is 1.16. The van der Waals surface area contributed by atoms with Gasteiger partial charge in [0.2, 0.25) is 0 Å². The molecule has 0 aliphatic rings. The summed E-state index contributed by atoms with van der Waals surface area (Å²) in [5.74, 6) is 0.656. The van der Waals surface area contributed by atoms with E-state index in [1.54, 1.807) is 25.1 Å². The zero-order chi connectivity index (χ0) is 15.0. The standard InChI is InChI=1S/C14H18N2O4/c1-10(17)12-5-4-11(19-2)8-13(12)20-9-14(18)16-7-3-6-15/h4-5,8,10,17H,3,7,9H2,1-2H3,(H,16,18)/t10-/m1/s1. The topological polar surface area (TPSA) is 91.6 Å². The van der Waals surface area contributed by atoms with Gasteiger partial charge in [-0.05, 0) is 19.1 Å². The monoisotopic (exact) mass is 278 g/mol. The Hall–Kier alpha value is -2.26. The second-order valence-electron chi connectivity index (χ2n) is 4.13. The number of rotatable bonds is 7. The molecule has 1 atom stereocenters. The minimum Gasteiger partial charge on any atom is -0.497 e. The molecule has 0 aliphatic carbocycles. The van der Waals surface area contributed by atoms with E-state index in [1.165, 1.54) is 7.11 Å². The van der Waals surface area contributed by atoms with Gasteiger partial charge >= 0.3 is 0 Å². The molecule has 0 bridgehead atoms. The van der Waals surface area contributed by atoms with Crippen LogP contribution in [0.4, 0.5) is 0 Å². The van der Waals surface area contributed by atoms with Crippen molar-refractivity contribution in [3.05, 3.63) is 23.8 Å². The van der Waals surface area contributed by atoms with Gasteiger partial charge in [-0.3, -0.25) is 4.79 Å². The van der Waals surface area contributed by atoms with Gasteiger partial charge in [0.25, 0.3) is 5.91 Å². The summed E-state index contributed by atoms with van der Waals surface area (Å²) in [6, 6.07) is 6.94. The first-order valence-corrected chi connectivity index (χ1v) is 6.21. The van der Waals surface area contributed by atoms with Crippen molar-refractivity contribution < 1.29 is 19.4 Å². The molecule has 1 aromatic rings. The third-order valence-electron chi connectivity index (χ3n) is 2.59. The van der Waals surface area contributed by atoms with Crippen molar-refractivity contribution in [3.63, 3.8) is 0 Å². The number of aliphatic hydroxyl groups is 1. The Balaban J connectivity index is 2.66. The molecule has 20 heavy (non-hydrogen) atoms. The normalized spacial score (nSPS) is 11.3. The van der Waals surface area contributed by atoms with E-state index >= 15 is 0 Å². The molecular weight excluding hydrogens is 260 g/mol. The number of methoxy groups -OCH3 is 1. The first-order chi connectivity index (χ1) is 9.58. The van der Waals surface area contributed by atoms with E-state index < -0.39 is 6.10 Å². The summed E-state index contributed by atoms with van der Waals surface area (Å²) in [7, 11) is 1.52. The molecule has 0 saturated heterocycles. The third-order valence-corrected chi connectivity index (χ3v) is 2.59. The SMILES string of the molecule is COc1ccc([C@@H](C)O)c(OCC(=O)NCCC#N)c1. The molecule has 0 fully saturated rings. The lowest BCUT2D eigenvalue weighted by atomic mass is 10.1. The number of hydrogen-bond donors (Lipinski definition) is 2. The van der Waals surface area contributed by atoms with E-state index in [4.69, 9.17) is 14.7 Å². The lowest BCUT2D eigenvalue weighted by molar-refractivity contribution is -0.123. The van der Waals surface area contributed by atoms with Gasteiger partial charge in [-0.15, -0.1) is 0 Å². The number of nitrogens with zero attached hydrogens (tertiary/aromatic N) is 1. The van der Waals surface area contributed by atoms with Gasteiger partial charge in [0.1, 0.15) is 11.5 Å². The van der Waals surface area contributed by atoms with Gasteiger partial charge < -0.3 is 19.9 Å². The lowest BCUT2D eigenvalue weighted by Crippen LogP contribution is -2.29. The maximum Gasteiger partial charge on any atom is 0.257 e. The van der Waals surface area contributed by atoms with Crippen LogP contribution in [-0.4, -0.2) is 31.3 Å². The van der Waals surface area contributed by atoms with E-state index in [9.17, 15) is 9.90 Å². The van der Waals surface area contributed by atoms with Crippen LogP contribution in [-0.2, 0) is 4.79 Å². The number of ether oxygens (including phenoxy) is 2. The summed E-state index contributed by atoms with van der Waals surface area (Å²) in [5, 5.41) is 20.6. The Morgan fingerprint density at radius 2 is 2.30 bits per heavy atom. The Morgan fingerprint density at radius 1 is 1.55 bits per heavy atom. The minimum absolute atomic E-state index is 0.182. The van der Waals surface area contributed by atoms with Gasteiger partial charge in [0, 0.05) is 18.2 Å². The molecule has 0 aliphatic heterocycles. The van der Waals surface area contributed by atoms with Crippen LogP contribution in [0.3, 0.4) is 0 Å². The summed E-state index contributed by atoms with van der Waals surface area (Å²) in [5.41, 5.74) is 0.579. The van der Waals surface area contributed by atoms with Crippen molar-refractivity contribution in [2.75, 3.05) is 20.3 Å². The number of nitrogens with one attached hydrogen (secondary N) is 1. The van der Waals surface area contributed by atoms with Crippen molar-refractivity contribution in [2.24, 2.45) is 0 Å². The smallest absolute Gasteiger partial charge is 0.257 e. The Bertz CT molecular complexity index is 494. The van der Waals surface area contributed by atoms with Crippen LogP contribution in [0.15, 0.2) is 18.2 Å². The number of benzene rings is 1. The average Bonchev–Trinajstić information content (AvgIpc) is 2.44. The predicted molar refractivity (Wildman–Crippen MR) is 72.4 cm³/mol. The Morgan fingerprint density at radius 3 is 2.90 bits per heavy atom. The molecule has 0 radical (unpaired) electrons. The molecular formula is C14H18N2O4. The number of aliphatic hydroxyl groups excluding tert-OH is 1. The molecule has 6 heteroatoms. The quantitative estimate of drug-likeness (QED) is 0.730.